The highest BCUT2D eigenvalue weighted by molar-refractivity contribution is 5.92. The lowest BCUT2D eigenvalue weighted by atomic mass is 9.86. The van der Waals surface area contributed by atoms with Crippen molar-refractivity contribution in [1.82, 2.24) is 9.88 Å². The summed E-state index contributed by atoms with van der Waals surface area (Å²) in [4.78, 5) is 19.1. The average Bonchev–Trinajstić information content (AvgIpc) is 3.15. The Bertz CT molecular complexity index is 1410. The van der Waals surface area contributed by atoms with Crippen molar-refractivity contribution in [3.8, 4) is 0 Å². The quantitative estimate of drug-likeness (QED) is 0.284. The zero-order valence-electron chi connectivity index (χ0n) is 21.8. The molecule has 0 spiro atoms. The van der Waals surface area contributed by atoms with Gasteiger partial charge in [-0.15, -0.1) is 0 Å². The molecule has 0 N–H and O–H groups in total. The van der Waals surface area contributed by atoms with Crippen LogP contribution in [0.2, 0.25) is 0 Å². The number of alkyl halides is 6. The fourth-order valence-corrected chi connectivity index (χ4v) is 5.80. The third-order valence-corrected chi connectivity index (χ3v) is 7.51. The molecule has 2 atom stereocenters. The van der Waals surface area contributed by atoms with Gasteiger partial charge in [0.05, 0.1) is 24.4 Å². The molecule has 0 radical (unpaired) electrons. The van der Waals surface area contributed by atoms with E-state index in [9.17, 15) is 31.1 Å². The van der Waals surface area contributed by atoms with Crippen molar-refractivity contribution in [2.45, 2.75) is 69.9 Å². The minimum absolute atomic E-state index is 0.125. The smallest absolute Gasteiger partial charge is 0.411 e. The molecule has 2 heterocycles. The topological polar surface area (TPSA) is 42.4 Å². The summed E-state index contributed by atoms with van der Waals surface area (Å²) < 4.78 is 84.4. The summed E-state index contributed by atoms with van der Waals surface area (Å²) in [5.41, 5.74) is 3.56. The zero-order valence-corrected chi connectivity index (χ0v) is 21.8. The van der Waals surface area contributed by atoms with E-state index in [4.69, 9.17) is 4.74 Å². The normalized spacial score (nSPS) is 20.4. The number of halogens is 6. The fraction of sp³-hybridized carbons (Fsp3) is 0.400. The van der Waals surface area contributed by atoms with Crippen molar-refractivity contribution < 1.29 is 35.9 Å². The van der Waals surface area contributed by atoms with Crippen molar-refractivity contribution in [3.63, 3.8) is 0 Å². The molecule has 40 heavy (non-hydrogen) atoms. The Kier molecular flexibility index (Phi) is 7.54. The number of fused-ring (bicyclic) bond motifs is 1. The largest absolute Gasteiger partial charge is 0.439 e. The molecule has 1 fully saturated rings. The number of cyclic esters (lactones) is 1. The first-order valence-electron chi connectivity index (χ1n) is 13.2. The molecule has 1 aliphatic heterocycles. The van der Waals surface area contributed by atoms with Gasteiger partial charge in [-0.2, -0.15) is 26.3 Å². The van der Waals surface area contributed by atoms with Gasteiger partial charge in [0, 0.05) is 23.7 Å². The van der Waals surface area contributed by atoms with E-state index in [0.717, 1.165) is 59.4 Å². The number of aromatic nitrogens is 1. The van der Waals surface area contributed by atoms with Crippen LogP contribution < -0.4 is 0 Å². The van der Waals surface area contributed by atoms with Crippen LogP contribution in [-0.2, 0) is 17.6 Å². The van der Waals surface area contributed by atoms with E-state index >= 15 is 0 Å². The van der Waals surface area contributed by atoms with Crippen molar-refractivity contribution in [2.75, 3.05) is 6.54 Å². The SMILES string of the molecule is C[C@H]1[C@@H](c2cc(CC(F)(F)F)cc(CC(F)(F)F)c2)OC(=O)N1CC1=C(c2cccc3cccnc23)CCCC1. The van der Waals surface area contributed by atoms with Gasteiger partial charge < -0.3 is 4.74 Å². The predicted octanol–water partition coefficient (Wildman–Crippen LogP) is 8.35. The first kappa shape index (κ1) is 28.0. The fourth-order valence-electron chi connectivity index (χ4n) is 5.80. The van der Waals surface area contributed by atoms with E-state index in [1.54, 1.807) is 13.1 Å². The summed E-state index contributed by atoms with van der Waals surface area (Å²) >= 11 is 0. The number of hydrogen-bond donors (Lipinski definition) is 0. The molecule has 1 aliphatic carbocycles. The molecule has 3 aromatic rings. The van der Waals surface area contributed by atoms with E-state index in [1.807, 2.05) is 30.3 Å². The Morgan fingerprint density at radius 3 is 2.25 bits per heavy atom. The van der Waals surface area contributed by atoms with Gasteiger partial charge in [0.15, 0.2) is 0 Å². The van der Waals surface area contributed by atoms with Gasteiger partial charge in [0.25, 0.3) is 0 Å². The van der Waals surface area contributed by atoms with Gasteiger partial charge in [0.2, 0.25) is 0 Å². The second-order valence-electron chi connectivity index (χ2n) is 10.5. The van der Waals surface area contributed by atoms with Crippen molar-refractivity contribution >= 4 is 22.6 Å². The third kappa shape index (κ3) is 6.26. The molecule has 1 saturated heterocycles. The summed E-state index contributed by atoms with van der Waals surface area (Å²) in [5, 5.41) is 1.000. The monoisotopic (exact) mass is 562 g/mol. The predicted molar refractivity (Wildman–Crippen MR) is 138 cm³/mol. The van der Waals surface area contributed by atoms with Gasteiger partial charge in [-0.05, 0) is 66.5 Å². The number of amides is 1. The number of nitrogens with zero attached hydrogens (tertiary/aromatic N) is 2. The van der Waals surface area contributed by atoms with Crippen molar-refractivity contribution in [2.24, 2.45) is 0 Å². The molecule has 212 valence electrons. The summed E-state index contributed by atoms with van der Waals surface area (Å²) in [5.74, 6) is 0. The molecule has 5 rings (SSSR count). The van der Waals surface area contributed by atoms with E-state index in [1.165, 1.54) is 17.0 Å². The second kappa shape index (κ2) is 10.8. The highest BCUT2D eigenvalue weighted by Gasteiger charge is 2.41. The van der Waals surface area contributed by atoms with Crippen LogP contribution in [0.3, 0.4) is 0 Å². The first-order valence-corrected chi connectivity index (χ1v) is 13.2. The van der Waals surface area contributed by atoms with Crippen LogP contribution in [0.5, 0.6) is 0 Å². The Labute approximate surface area is 227 Å². The van der Waals surface area contributed by atoms with Gasteiger partial charge >= 0.3 is 18.4 Å². The third-order valence-electron chi connectivity index (χ3n) is 7.51. The van der Waals surface area contributed by atoms with Crippen LogP contribution in [0.4, 0.5) is 31.1 Å². The standard InChI is InChI=1S/C30H28F6N2O2/c1-18-27(23-13-19(15-29(31,32)33)12-20(14-23)16-30(34,35)36)40-28(39)38(18)17-22-6-2-3-9-24(22)25-10-4-7-21-8-5-11-37-26(21)25/h4-5,7-8,10-14,18,27H,2-3,6,9,15-17H2,1H3/t18-,27-/m0/s1. The Morgan fingerprint density at radius 1 is 0.925 bits per heavy atom. The Balaban J connectivity index is 1.46. The summed E-state index contributed by atoms with van der Waals surface area (Å²) in [6.45, 7) is 1.96. The molecule has 2 aromatic carbocycles. The number of para-hydroxylation sites is 1. The Hall–Kier alpha value is -3.56. The number of ether oxygens (including phenoxy) is 1. The summed E-state index contributed by atoms with van der Waals surface area (Å²) in [6.07, 6.45) is -8.36. The number of hydrogen-bond acceptors (Lipinski definition) is 3. The number of pyridine rings is 1. The van der Waals surface area contributed by atoms with E-state index in [-0.39, 0.29) is 23.2 Å². The van der Waals surface area contributed by atoms with Gasteiger partial charge in [-0.1, -0.05) is 42.5 Å². The highest BCUT2D eigenvalue weighted by Crippen LogP contribution is 2.39. The van der Waals surface area contributed by atoms with Gasteiger partial charge in [0.1, 0.15) is 6.10 Å². The lowest BCUT2D eigenvalue weighted by molar-refractivity contribution is -0.127. The molecule has 1 amide bonds. The molecular formula is C30H28F6N2O2. The maximum Gasteiger partial charge on any atom is 0.411 e. The highest BCUT2D eigenvalue weighted by atomic mass is 19.4. The van der Waals surface area contributed by atoms with Crippen LogP contribution in [-0.4, -0.2) is 40.9 Å². The molecule has 4 nitrogen and oxygen atoms in total. The van der Waals surface area contributed by atoms with E-state index < -0.39 is 43.4 Å². The van der Waals surface area contributed by atoms with Crippen LogP contribution >= 0.6 is 0 Å². The number of allylic oxidation sites excluding steroid dienone is 1. The Morgan fingerprint density at radius 2 is 1.57 bits per heavy atom. The summed E-state index contributed by atoms with van der Waals surface area (Å²) in [7, 11) is 0. The van der Waals surface area contributed by atoms with Gasteiger partial charge in [-0.3, -0.25) is 9.88 Å². The number of rotatable bonds is 6. The van der Waals surface area contributed by atoms with E-state index in [0.29, 0.717) is 0 Å². The van der Waals surface area contributed by atoms with Crippen LogP contribution in [0.15, 0.2) is 60.3 Å². The average molecular weight is 563 g/mol. The minimum atomic E-state index is -4.60. The number of carbonyl (C=O) groups is 1. The maximum absolute atomic E-state index is 13.1. The number of carbonyl (C=O) groups excluding carboxylic acids is 1. The molecule has 2 aliphatic rings. The lowest BCUT2D eigenvalue weighted by Crippen LogP contribution is -2.34. The first-order chi connectivity index (χ1) is 18.9. The van der Waals surface area contributed by atoms with Crippen molar-refractivity contribution in [1.29, 1.82) is 0 Å². The van der Waals surface area contributed by atoms with Crippen LogP contribution in [0.25, 0.3) is 16.5 Å². The van der Waals surface area contributed by atoms with Crippen molar-refractivity contribution in [3.05, 3.63) is 82.6 Å². The molecule has 10 heteroatoms. The number of benzene rings is 2. The second-order valence-corrected chi connectivity index (χ2v) is 10.5. The molecule has 0 unspecified atom stereocenters. The van der Waals surface area contributed by atoms with E-state index in [2.05, 4.69) is 4.98 Å². The van der Waals surface area contributed by atoms with Crippen LogP contribution in [0, 0.1) is 0 Å². The van der Waals surface area contributed by atoms with Gasteiger partial charge in [-0.25, -0.2) is 4.79 Å². The molecule has 0 saturated carbocycles. The molecule has 0 bridgehead atoms. The zero-order chi connectivity index (χ0) is 28.7. The van der Waals surface area contributed by atoms with Crippen LogP contribution in [0.1, 0.15) is 61.0 Å². The maximum atomic E-state index is 13.1. The summed E-state index contributed by atoms with van der Waals surface area (Å²) in [6, 6.07) is 12.5. The minimum Gasteiger partial charge on any atom is -0.439 e. The lowest BCUT2D eigenvalue weighted by Gasteiger charge is -2.27. The molecular weight excluding hydrogens is 534 g/mol. The molecule has 1 aromatic heterocycles.